The minimum atomic E-state index is 0.834. The average Bonchev–Trinajstić information content (AvgIpc) is 2.64. The van der Waals surface area contributed by atoms with Gasteiger partial charge in [-0.05, 0) is 60.2 Å². The zero-order valence-corrected chi connectivity index (χ0v) is 14.4. The molecule has 2 aromatic carbocycles. The highest BCUT2D eigenvalue weighted by Gasteiger charge is 1.92. The summed E-state index contributed by atoms with van der Waals surface area (Å²) in [6.45, 7) is 2.15. The molecule has 0 saturated carbocycles. The molecule has 0 fully saturated rings. The van der Waals surface area contributed by atoms with Gasteiger partial charge in [-0.2, -0.15) is 10.2 Å². The van der Waals surface area contributed by atoms with Gasteiger partial charge in [0.1, 0.15) is 5.75 Å². The van der Waals surface area contributed by atoms with E-state index in [1.807, 2.05) is 24.3 Å². The highest BCUT2D eigenvalue weighted by Crippen LogP contribution is 2.10. The van der Waals surface area contributed by atoms with Crippen molar-refractivity contribution in [2.45, 2.75) is 26.2 Å². The molecule has 0 spiro atoms. The second-order valence-electron chi connectivity index (χ2n) is 5.42. The van der Waals surface area contributed by atoms with Gasteiger partial charge in [0.25, 0.3) is 0 Å². The van der Waals surface area contributed by atoms with Crippen LogP contribution in [0.2, 0.25) is 0 Å². The Balaban J connectivity index is 1.84. The van der Waals surface area contributed by atoms with Gasteiger partial charge in [0.2, 0.25) is 0 Å². The Morgan fingerprint density at radius 1 is 0.833 bits per heavy atom. The molecule has 0 aliphatic carbocycles. The summed E-state index contributed by atoms with van der Waals surface area (Å²) in [5.74, 6) is 0.834. The lowest BCUT2D eigenvalue weighted by Crippen LogP contribution is -1.86. The Labute approximate surface area is 144 Å². The number of hydrogen-bond donors (Lipinski definition) is 0. The lowest BCUT2D eigenvalue weighted by atomic mass is 10.1. The van der Waals surface area contributed by atoms with Crippen LogP contribution in [0.25, 0.3) is 0 Å². The summed E-state index contributed by atoms with van der Waals surface area (Å²) in [5, 5.41) is 8.18. The van der Waals surface area contributed by atoms with Crippen molar-refractivity contribution >= 4 is 12.4 Å². The van der Waals surface area contributed by atoms with Crippen molar-refractivity contribution in [3.05, 3.63) is 77.4 Å². The summed E-state index contributed by atoms with van der Waals surface area (Å²) >= 11 is 0. The highest BCUT2D eigenvalue weighted by atomic mass is 16.5. The molecule has 0 radical (unpaired) electrons. The summed E-state index contributed by atoms with van der Waals surface area (Å²) in [6.07, 6.45) is 11.2. The molecule has 3 nitrogen and oxygen atoms in total. The first kappa shape index (κ1) is 17.7. The first-order valence-corrected chi connectivity index (χ1v) is 8.26. The van der Waals surface area contributed by atoms with Crippen molar-refractivity contribution in [2.24, 2.45) is 10.2 Å². The molecule has 0 saturated heterocycles. The summed E-state index contributed by atoms with van der Waals surface area (Å²) in [4.78, 5) is 0. The van der Waals surface area contributed by atoms with Crippen molar-refractivity contribution in [3.8, 4) is 5.75 Å². The molecule has 0 heterocycles. The van der Waals surface area contributed by atoms with Crippen LogP contribution in [0.1, 0.15) is 36.5 Å². The number of aryl methyl sites for hydroxylation is 1. The Kier molecular flexibility index (Phi) is 7.48. The number of benzene rings is 2. The standard InChI is InChI=1S/C21H24N2O/c1-3-4-5-6-7-18-8-10-19(11-9-18)16-22-23-17-20-12-14-21(24-2)15-13-20/h4-5,8-17H,3,6-7H2,1-2H3. The van der Waals surface area contributed by atoms with Crippen LogP contribution in [0.15, 0.2) is 70.9 Å². The van der Waals surface area contributed by atoms with Crippen LogP contribution in [0.3, 0.4) is 0 Å². The number of rotatable bonds is 8. The molecular formula is C21H24N2O. The molecule has 124 valence electrons. The van der Waals surface area contributed by atoms with Gasteiger partial charge in [-0.15, -0.1) is 0 Å². The van der Waals surface area contributed by atoms with Crippen LogP contribution in [0.4, 0.5) is 0 Å². The molecule has 2 aromatic rings. The topological polar surface area (TPSA) is 34.0 Å². The van der Waals surface area contributed by atoms with Gasteiger partial charge in [-0.1, -0.05) is 43.3 Å². The average molecular weight is 320 g/mol. The lowest BCUT2D eigenvalue weighted by Gasteiger charge is -1.99. The van der Waals surface area contributed by atoms with Crippen LogP contribution >= 0.6 is 0 Å². The molecule has 0 aliphatic rings. The molecule has 0 aliphatic heterocycles. The molecule has 2 rings (SSSR count). The van der Waals surface area contributed by atoms with Gasteiger partial charge in [0.15, 0.2) is 0 Å². The monoisotopic (exact) mass is 320 g/mol. The van der Waals surface area contributed by atoms with E-state index in [0.29, 0.717) is 0 Å². The van der Waals surface area contributed by atoms with Gasteiger partial charge < -0.3 is 4.74 Å². The third kappa shape index (κ3) is 6.21. The van der Waals surface area contributed by atoms with Gasteiger partial charge in [-0.25, -0.2) is 0 Å². The van der Waals surface area contributed by atoms with Crippen molar-refractivity contribution in [1.29, 1.82) is 0 Å². The molecule has 0 unspecified atom stereocenters. The van der Waals surface area contributed by atoms with E-state index in [4.69, 9.17) is 4.74 Å². The van der Waals surface area contributed by atoms with E-state index in [1.165, 1.54) is 5.56 Å². The van der Waals surface area contributed by atoms with Crippen LogP contribution in [-0.4, -0.2) is 19.5 Å². The van der Waals surface area contributed by atoms with Gasteiger partial charge in [0.05, 0.1) is 19.5 Å². The predicted molar refractivity (Wildman–Crippen MR) is 102 cm³/mol. The highest BCUT2D eigenvalue weighted by molar-refractivity contribution is 5.82. The van der Waals surface area contributed by atoms with Crippen molar-refractivity contribution in [1.82, 2.24) is 0 Å². The van der Waals surface area contributed by atoms with E-state index in [-0.39, 0.29) is 0 Å². The number of nitrogens with zero attached hydrogens (tertiary/aromatic N) is 2. The molecule has 0 N–H and O–H groups in total. The van der Waals surface area contributed by atoms with Crippen LogP contribution in [-0.2, 0) is 6.42 Å². The third-order valence-electron chi connectivity index (χ3n) is 3.58. The maximum atomic E-state index is 5.12. The van der Waals surface area contributed by atoms with Crippen LogP contribution in [0.5, 0.6) is 5.75 Å². The second kappa shape index (κ2) is 10.2. The SMILES string of the molecule is CCC=CCCc1ccc(C=NN=Cc2ccc(OC)cc2)cc1. The molecule has 24 heavy (non-hydrogen) atoms. The predicted octanol–water partition coefficient (Wildman–Crippen LogP) is 5.05. The minimum absolute atomic E-state index is 0.834. The van der Waals surface area contributed by atoms with Crippen LogP contribution < -0.4 is 4.74 Å². The first-order valence-electron chi connectivity index (χ1n) is 8.26. The summed E-state index contributed by atoms with van der Waals surface area (Å²) < 4.78 is 5.12. The molecule has 0 amide bonds. The number of hydrogen-bond acceptors (Lipinski definition) is 3. The van der Waals surface area contributed by atoms with E-state index in [1.54, 1.807) is 19.5 Å². The van der Waals surface area contributed by atoms with Crippen molar-refractivity contribution in [2.75, 3.05) is 7.11 Å². The van der Waals surface area contributed by atoms with Gasteiger partial charge in [-0.3, -0.25) is 0 Å². The second-order valence-corrected chi connectivity index (χ2v) is 5.42. The smallest absolute Gasteiger partial charge is 0.118 e. The Morgan fingerprint density at radius 3 is 1.96 bits per heavy atom. The zero-order valence-electron chi connectivity index (χ0n) is 14.4. The van der Waals surface area contributed by atoms with E-state index in [9.17, 15) is 0 Å². The Hall–Kier alpha value is -2.68. The van der Waals surface area contributed by atoms with Crippen molar-refractivity contribution in [3.63, 3.8) is 0 Å². The van der Waals surface area contributed by atoms with E-state index in [0.717, 1.165) is 36.1 Å². The van der Waals surface area contributed by atoms with Gasteiger partial charge >= 0.3 is 0 Å². The maximum Gasteiger partial charge on any atom is 0.118 e. The fourth-order valence-electron chi connectivity index (χ4n) is 2.19. The summed E-state index contributed by atoms with van der Waals surface area (Å²) in [6, 6.07) is 16.1. The lowest BCUT2D eigenvalue weighted by molar-refractivity contribution is 0.415. The Morgan fingerprint density at radius 2 is 1.42 bits per heavy atom. The normalized spacial score (nSPS) is 11.8. The zero-order chi connectivity index (χ0) is 17.0. The first-order chi connectivity index (χ1) is 11.8. The quantitative estimate of drug-likeness (QED) is 0.381. The third-order valence-corrected chi connectivity index (χ3v) is 3.58. The maximum absolute atomic E-state index is 5.12. The summed E-state index contributed by atoms with van der Waals surface area (Å²) in [5.41, 5.74) is 3.38. The molecule has 0 aromatic heterocycles. The van der Waals surface area contributed by atoms with Gasteiger partial charge in [0, 0.05) is 0 Å². The van der Waals surface area contributed by atoms with E-state index in [2.05, 4.69) is 53.5 Å². The fourth-order valence-corrected chi connectivity index (χ4v) is 2.19. The number of ether oxygens (including phenoxy) is 1. The van der Waals surface area contributed by atoms with E-state index >= 15 is 0 Å². The number of methoxy groups -OCH3 is 1. The minimum Gasteiger partial charge on any atom is -0.497 e. The largest absolute Gasteiger partial charge is 0.497 e. The molecule has 0 bridgehead atoms. The molecule has 3 heteroatoms. The number of allylic oxidation sites excluding steroid dienone is 2. The molecular weight excluding hydrogens is 296 g/mol. The van der Waals surface area contributed by atoms with Crippen LogP contribution in [0, 0.1) is 0 Å². The molecule has 0 atom stereocenters. The fraction of sp³-hybridized carbons (Fsp3) is 0.238. The van der Waals surface area contributed by atoms with E-state index < -0.39 is 0 Å². The van der Waals surface area contributed by atoms with Crippen molar-refractivity contribution < 1.29 is 4.74 Å². The summed E-state index contributed by atoms with van der Waals surface area (Å²) in [7, 11) is 1.65. The Bertz CT molecular complexity index is 683.